The summed E-state index contributed by atoms with van der Waals surface area (Å²) < 4.78 is 2.71. The lowest BCUT2D eigenvalue weighted by Gasteiger charge is -2.04. The molecule has 0 fully saturated rings. The summed E-state index contributed by atoms with van der Waals surface area (Å²) in [7, 11) is 0. The molecule has 3 aromatic rings. The normalized spacial score (nSPS) is 10.8. The SMILES string of the molecule is S=c1cc(-c2ccccc2)n2ccsc2n1. The molecule has 2 aromatic heterocycles. The Hall–Kier alpha value is -1.52. The molecular weight excluding hydrogens is 236 g/mol. The number of hydrogen-bond donors (Lipinski definition) is 0. The number of hydrogen-bond acceptors (Lipinski definition) is 3. The molecule has 0 atom stereocenters. The molecule has 78 valence electrons. The maximum Gasteiger partial charge on any atom is 0.195 e. The number of thiazole rings is 1. The van der Waals surface area contributed by atoms with Crippen molar-refractivity contribution in [1.82, 2.24) is 9.38 Å². The first-order valence-electron chi connectivity index (χ1n) is 4.87. The van der Waals surface area contributed by atoms with Gasteiger partial charge in [-0.25, -0.2) is 4.98 Å². The third kappa shape index (κ3) is 1.56. The first kappa shape index (κ1) is 9.69. The third-order valence-electron chi connectivity index (χ3n) is 2.38. The Morgan fingerprint density at radius 3 is 2.81 bits per heavy atom. The molecule has 0 saturated carbocycles. The van der Waals surface area contributed by atoms with Gasteiger partial charge in [0.25, 0.3) is 0 Å². The van der Waals surface area contributed by atoms with Crippen molar-refractivity contribution in [1.29, 1.82) is 0 Å². The average Bonchev–Trinajstić information content (AvgIpc) is 2.77. The lowest BCUT2D eigenvalue weighted by Crippen LogP contribution is -1.92. The van der Waals surface area contributed by atoms with Crippen molar-refractivity contribution in [2.24, 2.45) is 0 Å². The van der Waals surface area contributed by atoms with Gasteiger partial charge in [-0.2, -0.15) is 0 Å². The molecule has 3 rings (SSSR count). The van der Waals surface area contributed by atoms with Crippen LogP contribution in [0.4, 0.5) is 0 Å². The van der Waals surface area contributed by atoms with Gasteiger partial charge in [0.05, 0.1) is 5.69 Å². The molecule has 4 heteroatoms. The van der Waals surface area contributed by atoms with Gasteiger partial charge < -0.3 is 0 Å². The standard InChI is InChI=1S/C12H8N2S2/c15-11-8-10(9-4-2-1-3-5-9)14-6-7-16-12(14)13-11/h1-8H. The second kappa shape index (κ2) is 3.81. The Morgan fingerprint density at radius 1 is 1.19 bits per heavy atom. The lowest BCUT2D eigenvalue weighted by atomic mass is 10.1. The number of nitrogens with zero attached hydrogens (tertiary/aromatic N) is 2. The Kier molecular flexibility index (Phi) is 2.31. The molecule has 0 N–H and O–H groups in total. The molecule has 0 saturated heterocycles. The summed E-state index contributed by atoms with van der Waals surface area (Å²) in [6, 6.07) is 12.1. The van der Waals surface area contributed by atoms with Crippen LogP contribution in [0.2, 0.25) is 0 Å². The van der Waals surface area contributed by atoms with Crippen molar-refractivity contribution in [3.8, 4) is 11.3 Å². The maximum atomic E-state index is 5.18. The van der Waals surface area contributed by atoms with Gasteiger partial charge in [-0.05, 0) is 11.6 Å². The fourth-order valence-electron chi connectivity index (χ4n) is 1.68. The predicted octanol–water partition coefficient (Wildman–Crippen LogP) is 3.79. The van der Waals surface area contributed by atoms with Crippen LogP contribution in [0.25, 0.3) is 16.2 Å². The minimum absolute atomic E-state index is 0.640. The quantitative estimate of drug-likeness (QED) is 0.606. The van der Waals surface area contributed by atoms with Crippen LogP contribution in [0.15, 0.2) is 48.0 Å². The summed E-state index contributed by atoms with van der Waals surface area (Å²) in [6.07, 6.45) is 2.02. The van der Waals surface area contributed by atoms with Gasteiger partial charge in [0, 0.05) is 11.6 Å². The van der Waals surface area contributed by atoms with Crippen LogP contribution in [-0.2, 0) is 0 Å². The van der Waals surface area contributed by atoms with Crippen LogP contribution >= 0.6 is 23.6 Å². The minimum Gasteiger partial charge on any atom is -0.292 e. The predicted molar refractivity (Wildman–Crippen MR) is 69.3 cm³/mol. The monoisotopic (exact) mass is 244 g/mol. The van der Waals surface area contributed by atoms with Crippen LogP contribution in [0.1, 0.15) is 0 Å². The summed E-state index contributed by atoms with van der Waals surface area (Å²) in [5.41, 5.74) is 2.25. The topological polar surface area (TPSA) is 17.3 Å². The molecular formula is C12H8N2S2. The van der Waals surface area contributed by atoms with Gasteiger partial charge in [-0.3, -0.25) is 4.40 Å². The van der Waals surface area contributed by atoms with E-state index in [9.17, 15) is 0 Å². The molecule has 0 unspecified atom stereocenters. The van der Waals surface area contributed by atoms with E-state index in [-0.39, 0.29) is 0 Å². The number of benzene rings is 1. The number of fused-ring (bicyclic) bond motifs is 1. The van der Waals surface area contributed by atoms with E-state index in [1.165, 1.54) is 0 Å². The van der Waals surface area contributed by atoms with E-state index in [1.54, 1.807) is 11.3 Å². The summed E-state index contributed by atoms with van der Waals surface area (Å²) in [4.78, 5) is 5.25. The Balaban J connectivity index is 2.39. The largest absolute Gasteiger partial charge is 0.292 e. The van der Waals surface area contributed by atoms with E-state index in [0.29, 0.717) is 4.64 Å². The minimum atomic E-state index is 0.640. The average molecular weight is 244 g/mol. The third-order valence-corrected chi connectivity index (χ3v) is 3.35. The molecule has 16 heavy (non-hydrogen) atoms. The van der Waals surface area contributed by atoms with Crippen LogP contribution < -0.4 is 0 Å². The molecule has 0 amide bonds. The van der Waals surface area contributed by atoms with E-state index in [0.717, 1.165) is 16.2 Å². The van der Waals surface area contributed by atoms with E-state index < -0.39 is 0 Å². The molecule has 0 bridgehead atoms. The Labute approximate surface area is 102 Å². The highest BCUT2D eigenvalue weighted by atomic mass is 32.1. The van der Waals surface area contributed by atoms with Gasteiger partial charge in [0.15, 0.2) is 4.96 Å². The van der Waals surface area contributed by atoms with Crippen molar-refractivity contribution >= 4 is 28.5 Å². The summed E-state index contributed by atoms with van der Waals surface area (Å²) in [6.45, 7) is 0. The highest BCUT2D eigenvalue weighted by Crippen LogP contribution is 2.22. The summed E-state index contributed by atoms with van der Waals surface area (Å²) in [5, 5.41) is 2.02. The second-order valence-corrected chi connectivity index (χ2v) is 4.69. The van der Waals surface area contributed by atoms with Gasteiger partial charge in [0.2, 0.25) is 0 Å². The molecule has 1 aromatic carbocycles. The van der Waals surface area contributed by atoms with E-state index >= 15 is 0 Å². The lowest BCUT2D eigenvalue weighted by molar-refractivity contribution is 1.14. The molecule has 0 radical (unpaired) electrons. The fraction of sp³-hybridized carbons (Fsp3) is 0. The van der Waals surface area contributed by atoms with E-state index in [4.69, 9.17) is 12.2 Å². The van der Waals surface area contributed by atoms with Crippen molar-refractivity contribution < 1.29 is 0 Å². The van der Waals surface area contributed by atoms with Gasteiger partial charge in [0.1, 0.15) is 4.64 Å². The van der Waals surface area contributed by atoms with Gasteiger partial charge in [-0.1, -0.05) is 42.5 Å². The zero-order valence-corrected chi connectivity index (χ0v) is 9.96. The highest BCUT2D eigenvalue weighted by molar-refractivity contribution is 7.71. The van der Waals surface area contributed by atoms with Gasteiger partial charge in [-0.15, -0.1) is 11.3 Å². The Morgan fingerprint density at radius 2 is 2.00 bits per heavy atom. The molecule has 0 aliphatic heterocycles. The summed E-state index contributed by atoms with van der Waals surface area (Å²) >= 11 is 6.77. The number of rotatable bonds is 1. The summed E-state index contributed by atoms with van der Waals surface area (Å²) in [5.74, 6) is 0. The molecule has 2 nitrogen and oxygen atoms in total. The smallest absolute Gasteiger partial charge is 0.195 e. The first-order chi connectivity index (χ1) is 7.84. The van der Waals surface area contributed by atoms with Crippen molar-refractivity contribution in [2.75, 3.05) is 0 Å². The van der Waals surface area contributed by atoms with E-state index in [2.05, 4.69) is 21.5 Å². The van der Waals surface area contributed by atoms with Crippen molar-refractivity contribution in [3.63, 3.8) is 0 Å². The maximum absolute atomic E-state index is 5.18. The van der Waals surface area contributed by atoms with E-state index in [1.807, 2.05) is 35.8 Å². The van der Waals surface area contributed by atoms with Crippen LogP contribution in [-0.4, -0.2) is 9.38 Å². The molecule has 0 spiro atoms. The molecule has 0 aliphatic rings. The number of aromatic nitrogens is 2. The fourth-order valence-corrected chi connectivity index (χ4v) is 2.66. The highest BCUT2D eigenvalue weighted by Gasteiger charge is 2.04. The van der Waals surface area contributed by atoms with Crippen molar-refractivity contribution in [2.45, 2.75) is 0 Å². The van der Waals surface area contributed by atoms with Crippen LogP contribution in [0.5, 0.6) is 0 Å². The van der Waals surface area contributed by atoms with Crippen molar-refractivity contribution in [3.05, 3.63) is 52.6 Å². The first-order valence-corrected chi connectivity index (χ1v) is 6.16. The second-order valence-electron chi connectivity index (χ2n) is 3.40. The van der Waals surface area contributed by atoms with Crippen LogP contribution in [0, 0.1) is 4.64 Å². The van der Waals surface area contributed by atoms with Gasteiger partial charge >= 0.3 is 0 Å². The zero-order valence-electron chi connectivity index (χ0n) is 8.33. The zero-order chi connectivity index (χ0) is 11.0. The Bertz CT molecular complexity index is 683. The molecule has 0 aliphatic carbocycles. The van der Waals surface area contributed by atoms with Crippen LogP contribution in [0.3, 0.4) is 0 Å². The molecule has 2 heterocycles.